The molecule has 0 heterocycles. The van der Waals surface area contributed by atoms with Crippen LogP contribution in [0.2, 0.25) is 0 Å². The first-order valence-corrected chi connectivity index (χ1v) is 3.58. The molecule has 5 heteroatoms. The summed E-state index contributed by atoms with van der Waals surface area (Å²) in [6, 6.07) is 2.06. The maximum absolute atomic E-state index is 12.7. The van der Waals surface area contributed by atoms with Gasteiger partial charge in [0.2, 0.25) is 0 Å². The number of benzene rings is 1. The van der Waals surface area contributed by atoms with E-state index in [2.05, 4.69) is 10.3 Å². The van der Waals surface area contributed by atoms with Crippen LogP contribution in [0, 0.1) is 11.6 Å². The van der Waals surface area contributed by atoms with E-state index >= 15 is 0 Å². The minimum Gasteiger partial charge on any atom is -0.503 e. The fourth-order valence-corrected chi connectivity index (χ4v) is 0.876. The Balaban J connectivity index is 2.86. The molecule has 0 aliphatic carbocycles. The zero-order valence-corrected chi connectivity index (χ0v) is 6.97. The Hall–Kier alpha value is -1.20. The molecule has 0 fully saturated rings. The van der Waals surface area contributed by atoms with Crippen molar-refractivity contribution in [2.24, 2.45) is 0 Å². The molecular formula is C8H9F2NO2. The van der Waals surface area contributed by atoms with Crippen LogP contribution in [0.3, 0.4) is 0 Å². The maximum atomic E-state index is 12.7. The van der Waals surface area contributed by atoms with Crippen molar-refractivity contribution in [3.05, 3.63) is 29.3 Å². The van der Waals surface area contributed by atoms with E-state index in [4.69, 9.17) is 5.11 Å². The molecule has 13 heavy (non-hydrogen) atoms. The summed E-state index contributed by atoms with van der Waals surface area (Å²) in [6.07, 6.45) is 0. The third-order valence-electron chi connectivity index (χ3n) is 1.50. The maximum Gasteiger partial charge on any atom is 0.187 e. The summed E-state index contributed by atoms with van der Waals surface area (Å²) >= 11 is 0. The second-order valence-corrected chi connectivity index (χ2v) is 2.43. The van der Waals surface area contributed by atoms with Crippen molar-refractivity contribution in [3.8, 4) is 5.75 Å². The molecule has 1 aromatic carbocycles. The molecule has 0 saturated heterocycles. The predicted octanol–water partition coefficient (Wildman–Crippen LogP) is 1.32. The topological polar surface area (TPSA) is 41.5 Å². The lowest BCUT2D eigenvalue weighted by Gasteiger charge is -2.03. The summed E-state index contributed by atoms with van der Waals surface area (Å²) in [4.78, 5) is 4.50. The van der Waals surface area contributed by atoms with Gasteiger partial charge in [-0.05, 0) is 17.7 Å². The summed E-state index contributed by atoms with van der Waals surface area (Å²) in [7, 11) is 1.40. The molecule has 0 aromatic heterocycles. The Bertz CT molecular complexity index is 281. The molecule has 72 valence electrons. The van der Waals surface area contributed by atoms with Gasteiger partial charge < -0.3 is 9.94 Å². The standard InChI is InChI=1S/C8H9F2NO2/c1-13-11-4-5-2-6(9)8(12)7(10)3-5/h2-3,11-12H,4H2,1H3. The zero-order valence-electron chi connectivity index (χ0n) is 6.97. The van der Waals surface area contributed by atoms with Crippen LogP contribution in [0.5, 0.6) is 5.75 Å². The molecule has 0 bridgehead atoms. The summed E-state index contributed by atoms with van der Waals surface area (Å²) in [5.41, 5.74) is 2.78. The Morgan fingerprint density at radius 2 is 1.92 bits per heavy atom. The summed E-state index contributed by atoms with van der Waals surface area (Å²) < 4.78 is 25.4. The van der Waals surface area contributed by atoms with Gasteiger partial charge >= 0.3 is 0 Å². The van der Waals surface area contributed by atoms with E-state index in [1.165, 1.54) is 7.11 Å². The largest absolute Gasteiger partial charge is 0.503 e. The Morgan fingerprint density at radius 3 is 2.38 bits per heavy atom. The highest BCUT2D eigenvalue weighted by Gasteiger charge is 2.08. The molecule has 0 spiro atoms. The van der Waals surface area contributed by atoms with Crippen molar-refractivity contribution >= 4 is 0 Å². The first kappa shape index (κ1) is 9.88. The molecule has 0 aliphatic heterocycles. The molecule has 0 atom stereocenters. The second-order valence-electron chi connectivity index (χ2n) is 2.43. The third-order valence-corrected chi connectivity index (χ3v) is 1.50. The quantitative estimate of drug-likeness (QED) is 0.704. The van der Waals surface area contributed by atoms with Crippen molar-refractivity contribution in [1.82, 2.24) is 5.48 Å². The minimum absolute atomic E-state index is 0.171. The smallest absolute Gasteiger partial charge is 0.187 e. The Morgan fingerprint density at radius 1 is 1.38 bits per heavy atom. The van der Waals surface area contributed by atoms with Gasteiger partial charge in [0.15, 0.2) is 17.4 Å². The van der Waals surface area contributed by atoms with E-state index in [0.29, 0.717) is 5.56 Å². The van der Waals surface area contributed by atoms with Crippen LogP contribution in [0.4, 0.5) is 8.78 Å². The van der Waals surface area contributed by atoms with E-state index in [1.807, 2.05) is 0 Å². The second kappa shape index (κ2) is 4.15. The predicted molar refractivity (Wildman–Crippen MR) is 41.9 cm³/mol. The van der Waals surface area contributed by atoms with E-state index < -0.39 is 17.4 Å². The zero-order chi connectivity index (χ0) is 9.84. The first-order chi connectivity index (χ1) is 6.15. The van der Waals surface area contributed by atoms with Gasteiger partial charge in [-0.1, -0.05) is 0 Å². The lowest BCUT2D eigenvalue weighted by Crippen LogP contribution is -2.11. The van der Waals surface area contributed by atoms with Gasteiger partial charge in [0.25, 0.3) is 0 Å². The number of hydroxylamine groups is 1. The van der Waals surface area contributed by atoms with Crippen LogP contribution in [0.1, 0.15) is 5.56 Å². The lowest BCUT2D eigenvalue weighted by atomic mass is 10.2. The van der Waals surface area contributed by atoms with Gasteiger partial charge in [-0.25, -0.2) is 8.78 Å². The highest BCUT2D eigenvalue weighted by Crippen LogP contribution is 2.21. The normalized spacial score (nSPS) is 10.4. The number of nitrogens with one attached hydrogen (secondary N) is 1. The number of aromatic hydroxyl groups is 1. The van der Waals surface area contributed by atoms with Gasteiger partial charge in [-0.3, -0.25) is 0 Å². The highest BCUT2D eigenvalue weighted by atomic mass is 19.1. The number of hydrogen-bond acceptors (Lipinski definition) is 3. The van der Waals surface area contributed by atoms with Gasteiger partial charge in [0, 0.05) is 6.54 Å². The molecule has 1 aromatic rings. The average molecular weight is 189 g/mol. The van der Waals surface area contributed by atoms with Crippen LogP contribution in [0.25, 0.3) is 0 Å². The molecule has 0 radical (unpaired) electrons. The van der Waals surface area contributed by atoms with Gasteiger partial charge in [0.05, 0.1) is 7.11 Å². The lowest BCUT2D eigenvalue weighted by molar-refractivity contribution is 0.0865. The van der Waals surface area contributed by atoms with Gasteiger partial charge in [0.1, 0.15) is 0 Å². The number of hydrogen-bond donors (Lipinski definition) is 2. The van der Waals surface area contributed by atoms with Crippen molar-refractivity contribution in [1.29, 1.82) is 0 Å². The Labute approximate surface area is 73.9 Å². The number of phenolic OH excluding ortho intramolecular Hbond substituents is 1. The monoisotopic (exact) mass is 189 g/mol. The van der Waals surface area contributed by atoms with E-state index in [0.717, 1.165) is 12.1 Å². The summed E-state index contributed by atoms with van der Waals surface area (Å²) in [6.45, 7) is 0.171. The fourth-order valence-electron chi connectivity index (χ4n) is 0.876. The number of halogens is 2. The first-order valence-electron chi connectivity index (χ1n) is 3.58. The van der Waals surface area contributed by atoms with Crippen LogP contribution in [-0.2, 0) is 11.4 Å². The molecular weight excluding hydrogens is 180 g/mol. The number of phenols is 1. The van der Waals surface area contributed by atoms with Crippen LogP contribution in [0.15, 0.2) is 12.1 Å². The van der Waals surface area contributed by atoms with Crippen LogP contribution >= 0.6 is 0 Å². The highest BCUT2D eigenvalue weighted by molar-refractivity contribution is 5.29. The van der Waals surface area contributed by atoms with Crippen molar-refractivity contribution in [3.63, 3.8) is 0 Å². The summed E-state index contributed by atoms with van der Waals surface area (Å²) in [5.74, 6) is -2.91. The van der Waals surface area contributed by atoms with Gasteiger partial charge in [-0.15, -0.1) is 0 Å². The summed E-state index contributed by atoms with van der Waals surface area (Å²) in [5, 5.41) is 8.75. The fraction of sp³-hybridized carbons (Fsp3) is 0.250. The van der Waals surface area contributed by atoms with E-state index in [9.17, 15) is 8.78 Å². The molecule has 0 saturated carbocycles. The third kappa shape index (κ3) is 2.37. The van der Waals surface area contributed by atoms with Crippen LogP contribution in [-0.4, -0.2) is 12.2 Å². The SMILES string of the molecule is CONCc1cc(F)c(O)c(F)c1. The van der Waals surface area contributed by atoms with Crippen molar-refractivity contribution in [2.75, 3.05) is 7.11 Å². The van der Waals surface area contributed by atoms with Gasteiger partial charge in [-0.2, -0.15) is 5.48 Å². The van der Waals surface area contributed by atoms with Crippen molar-refractivity contribution < 1.29 is 18.7 Å². The molecule has 3 nitrogen and oxygen atoms in total. The van der Waals surface area contributed by atoms with E-state index in [1.54, 1.807) is 0 Å². The van der Waals surface area contributed by atoms with E-state index in [-0.39, 0.29) is 6.54 Å². The Kier molecular flexibility index (Phi) is 3.16. The molecule has 0 amide bonds. The molecule has 0 aliphatic rings. The van der Waals surface area contributed by atoms with Crippen molar-refractivity contribution in [2.45, 2.75) is 6.54 Å². The molecule has 2 N–H and O–H groups in total. The molecule has 0 unspecified atom stereocenters. The number of rotatable bonds is 3. The minimum atomic E-state index is -0.979. The molecule has 1 rings (SSSR count). The average Bonchev–Trinajstić information content (AvgIpc) is 2.10. The van der Waals surface area contributed by atoms with Crippen LogP contribution < -0.4 is 5.48 Å².